The highest BCUT2D eigenvalue weighted by atomic mass is 35.5. The van der Waals surface area contributed by atoms with Crippen LogP contribution in [0.15, 0.2) is 93.2 Å². The predicted octanol–water partition coefficient (Wildman–Crippen LogP) is 5.78. The molecule has 4 rings (SSSR count). The second kappa shape index (κ2) is 11.2. The van der Waals surface area contributed by atoms with Crippen LogP contribution < -0.4 is 16.0 Å². The highest BCUT2D eigenvalue weighted by Gasteiger charge is 2.36. The largest absolute Gasteiger partial charge is 0.468 e. The minimum Gasteiger partial charge on any atom is -0.468 e. The van der Waals surface area contributed by atoms with E-state index in [-0.39, 0.29) is 28.5 Å². The second-order valence-corrected chi connectivity index (χ2v) is 9.17. The molecule has 2 amide bonds. The minimum absolute atomic E-state index is 0.00502. The van der Waals surface area contributed by atoms with Gasteiger partial charge in [-0.2, -0.15) is 5.26 Å². The number of hydrogen-bond donors (Lipinski definition) is 3. The van der Waals surface area contributed by atoms with Crippen LogP contribution in [0.1, 0.15) is 18.6 Å². The van der Waals surface area contributed by atoms with Gasteiger partial charge in [0.2, 0.25) is 5.91 Å². The number of nitrogens with one attached hydrogen (secondary N) is 3. The summed E-state index contributed by atoms with van der Waals surface area (Å²) >= 11 is 7.09. The van der Waals surface area contributed by atoms with Gasteiger partial charge in [0.05, 0.1) is 45.9 Å². The summed E-state index contributed by atoms with van der Waals surface area (Å²) in [5.41, 5.74) is 1.42. The SMILES string of the molecule is CC1=C(C(=O)Nc2ccccc2F)[C@@H](c2ccco2)C(C#N)=C(SCC(=O)Nc2cccc(Cl)c2)N1. The first-order valence-electron chi connectivity index (χ1n) is 10.8. The summed E-state index contributed by atoms with van der Waals surface area (Å²) < 4.78 is 19.7. The van der Waals surface area contributed by atoms with Gasteiger partial charge >= 0.3 is 0 Å². The van der Waals surface area contributed by atoms with Gasteiger partial charge < -0.3 is 20.4 Å². The third-order valence-corrected chi connectivity index (χ3v) is 6.55. The molecule has 1 aliphatic heterocycles. The zero-order valence-corrected chi connectivity index (χ0v) is 20.5. The monoisotopic (exact) mass is 522 g/mol. The molecule has 0 saturated carbocycles. The highest BCUT2D eigenvalue weighted by Crippen LogP contribution is 2.41. The highest BCUT2D eigenvalue weighted by molar-refractivity contribution is 8.03. The van der Waals surface area contributed by atoms with Crippen LogP contribution in [0, 0.1) is 17.1 Å². The molecule has 0 unspecified atom stereocenters. The van der Waals surface area contributed by atoms with E-state index in [1.165, 1.54) is 24.5 Å². The van der Waals surface area contributed by atoms with Crippen LogP contribution in [-0.4, -0.2) is 17.6 Å². The van der Waals surface area contributed by atoms with Crippen LogP contribution in [0.4, 0.5) is 15.8 Å². The van der Waals surface area contributed by atoms with E-state index >= 15 is 0 Å². The lowest BCUT2D eigenvalue weighted by molar-refractivity contribution is -0.114. The standard InChI is InChI=1S/C26H20ClFN4O3S/c1-15-23(25(34)32-20-9-3-2-8-19(20)28)24(21-10-5-11-35-21)18(13-29)26(30-15)36-14-22(33)31-17-7-4-6-16(27)12-17/h2-12,24,30H,14H2,1H3,(H,31,33)(H,32,34)/t24-/m1/s1. The maximum absolute atomic E-state index is 14.2. The number of para-hydroxylation sites is 1. The van der Waals surface area contributed by atoms with E-state index in [1.807, 2.05) is 0 Å². The van der Waals surface area contributed by atoms with Crippen molar-refractivity contribution >= 4 is 46.6 Å². The van der Waals surface area contributed by atoms with Crippen LogP contribution in [0.5, 0.6) is 0 Å². The van der Waals surface area contributed by atoms with E-state index in [9.17, 15) is 19.2 Å². The molecule has 1 aliphatic rings. The lowest BCUT2D eigenvalue weighted by atomic mass is 9.85. The zero-order chi connectivity index (χ0) is 25.7. The van der Waals surface area contributed by atoms with E-state index in [0.29, 0.717) is 27.2 Å². The van der Waals surface area contributed by atoms with Gasteiger partial charge in [0.1, 0.15) is 11.6 Å². The van der Waals surface area contributed by atoms with Crippen molar-refractivity contribution in [1.29, 1.82) is 5.26 Å². The van der Waals surface area contributed by atoms with Crippen molar-refractivity contribution in [3.05, 3.63) is 105 Å². The number of hydrogen-bond acceptors (Lipinski definition) is 6. The Hall–Kier alpha value is -4.00. The van der Waals surface area contributed by atoms with E-state index in [0.717, 1.165) is 11.8 Å². The predicted molar refractivity (Wildman–Crippen MR) is 137 cm³/mol. The van der Waals surface area contributed by atoms with Gasteiger partial charge in [-0.25, -0.2) is 4.39 Å². The molecular weight excluding hydrogens is 503 g/mol. The summed E-state index contributed by atoms with van der Waals surface area (Å²) in [6, 6.07) is 18.0. The number of halogens is 2. The van der Waals surface area contributed by atoms with Crippen molar-refractivity contribution in [2.45, 2.75) is 12.8 Å². The lowest BCUT2D eigenvalue weighted by Crippen LogP contribution is -2.31. The van der Waals surface area contributed by atoms with Gasteiger partial charge in [-0.05, 0) is 49.4 Å². The first-order valence-corrected chi connectivity index (χ1v) is 12.1. The summed E-state index contributed by atoms with van der Waals surface area (Å²) in [6.45, 7) is 1.67. The molecule has 1 aromatic heterocycles. The molecule has 10 heteroatoms. The van der Waals surface area contributed by atoms with Crippen LogP contribution in [0.3, 0.4) is 0 Å². The Morgan fingerprint density at radius 3 is 2.67 bits per heavy atom. The number of carbonyl (C=O) groups is 2. The Bertz CT molecular complexity index is 1410. The molecule has 3 N–H and O–H groups in total. The molecule has 2 aromatic carbocycles. The molecule has 0 aliphatic carbocycles. The van der Waals surface area contributed by atoms with Gasteiger partial charge in [0.15, 0.2) is 0 Å². The van der Waals surface area contributed by atoms with E-state index in [2.05, 4.69) is 22.0 Å². The Labute approximate surface area is 216 Å². The summed E-state index contributed by atoms with van der Waals surface area (Å²) in [6.07, 6.45) is 1.44. The van der Waals surface area contributed by atoms with Gasteiger partial charge in [0.25, 0.3) is 5.91 Å². The van der Waals surface area contributed by atoms with Crippen molar-refractivity contribution in [3.63, 3.8) is 0 Å². The topological polar surface area (TPSA) is 107 Å². The number of allylic oxidation sites excluding steroid dienone is 2. The van der Waals surface area contributed by atoms with E-state index < -0.39 is 17.6 Å². The molecule has 3 aromatic rings. The van der Waals surface area contributed by atoms with Gasteiger partial charge in [0, 0.05) is 16.4 Å². The number of nitrogens with zero attached hydrogens (tertiary/aromatic N) is 1. The second-order valence-electron chi connectivity index (χ2n) is 7.75. The number of rotatable bonds is 7. The van der Waals surface area contributed by atoms with E-state index in [1.54, 1.807) is 49.4 Å². The fourth-order valence-electron chi connectivity index (χ4n) is 3.72. The third kappa shape index (κ3) is 5.62. The zero-order valence-electron chi connectivity index (χ0n) is 19.0. The maximum atomic E-state index is 14.2. The van der Waals surface area contributed by atoms with Crippen LogP contribution in [0.25, 0.3) is 0 Å². The average Bonchev–Trinajstić information content (AvgIpc) is 3.38. The van der Waals surface area contributed by atoms with Crippen molar-refractivity contribution < 1.29 is 18.4 Å². The van der Waals surface area contributed by atoms with Crippen molar-refractivity contribution in [1.82, 2.24) is 5.32 Å². The molecule has 7 nitrogen and oxygen atoms in total. The number of nitriles is 1. The molecule has 36 heavy (non-hydrogen) atoms. The Kier molecular flexibility index (Phi) is 7.78. The first-order chi connectivity index (χ1) is 17.4. The smallest absolute Gasteiger partial charge is 0.254 e. The number of amides is 2. The number of furan rings is 1. The molecule has 0 radical (unpaired) electrons. The summed E-state index contributed by atoms with van der Waals surface area (Å²) in [5.74, 6) is -1.95. The number of dihydropyridines is 1. The summed E-state index contributed by atoms with van der Waals surface area (Å²) in [4.78, 5) is 25.8. The van der Waals surface area contributed by atoms with Gasteiger partial charge in [-0.3, -0.25) is 9.59 Å². The number of anilines is 2. The number of carbonyl (C=O) groups excluding carboxylic acids is 2. The maximum Gasteiger partial charge on any atom is 0.254 e. The van der Waals surface area contributed by atoms with Crippen molar-refractivity contribution in [2.24, 2.45) is 0 Å². The fraction of sp³-hybridized carbons (Fsp3) is 0.115. The van der Waals surface area contributed by atoms with Crippen LogP contribution in [-0.2, 0) is 9.59 Å². The number of thioether (sulfide) groups is 1. The van der Waals surface area contributed by atoms with E-state index in [4.69, 9.17) is 16.0 Å². The molecule has 0 fully saturated rings. The van der Waals surface area contributed by atoms with Gasteiger partial charge in [-0.15, -0.1) is 0 Å². The molecular formula is C26H20ClFN4O3S. The minimum atomic E-state index is -0.850. The Morgan fingerprint density at radius 2 is 1.97 bits per heavy atom. The molecule has 2 heterocycles. The van der Waals surface area contributed by atoms with Gasteiger partial charge in [-0.1, -0.05) is 41.6 Å². The lowest BCUT2D eigenvalue weighted by Gasteiger charge is -2.28. The average molecular weight is 523 g/mol. The Balaban J connectivity index is 1.59. The third-order valence-electron chi connectivity index (χ3n) is 5.30. The van der Waals surface area contributed by atoms with Crippen molar-refractivity contribution in [2.75, 3.05) is 16.4 Å². The van der Waals surface area contributed by atoms with Crippen LogP contribution >= 0.6 is 23.4 Å². The summed E-state index contributed by atoms with van der Waals surface area (Å²) in [7, 11) is 0. The quantitative estimate of drug-likeness (QED) is 0.363. The normalized spacial score (nSPS) is 15.2. The Morgan fingerprint density at radius 1 is 1.17 bits per heavy atom. The molecule has 0 bridgehead atoms. The van der Waals surface area contributed by atoms with Crippen molar-refractivity contribution in [3.8, 4) is 6.07 Å². The number of benzene rings is 2. The molecule has 0 spiro atoms. The molecule has 182 valence electrons. The first kappa shape index (κ1) is 25.1. The fourth-order valence-corrected chi connectivity index (χ4v) is 4.80. The molecule has 0 saturated heterocycles. The molecule has 1 atom stereocenters. The van der Waals surface area contributed by atoms with Crippen LogP contribution in [0.2, 0.25) is 5.02 Å². The summed E-state index contributed by atoms with van der Waals surface area (Å²) in [5, 5.41) is 19.4.